The summed E-state index contributed by atoms with van der Waals surface area (Å²) in [6.45, 7) is 7.34. The first-order valence-electron chi connectivity index (χ1n) is 43.7. The van der Waals surface area contributed by atoms with Crippen molar-refractivity contribution in [1.82, 2.24) is 0 Å². The van der Waals surface area contributed by atoms with Crippen LogP contribution in [-0.4, -0.2) is 96.7 Å². The Labute approximate surface area is 632 Å². The molecule has 103 heavy (non-hydrogen) atoms. The van der Waals surface area contributed by atoms with E-state index in [0.717, 1.165) is 95.8 Å². The zero-order chi connectivity index (χ0) is 75.5. The van der Waals surface area contributed by atoms with E-state index in [1.165, 1.54) is 276 Å². The Bertz CT molecular complexity index is 1960. The van der Waals surface area contributed by atoms with Gasteiger partial charge in [-0.05, 0) is 31.6 Å². The zero-order valence-corrected chi connectivity index (χ0v) is 69.3. The van der Waals surface area contributed by atoms with Crippen molar-refractivity contribution >= 4 is 39.5 Å². The summed E-state index contributed by atoms with van der Waals surface area (Å²) < 4.78 is 68.8. The van der Waals surface area contributed by atoms with Gasteiger partial charge in [-0.3, -0.25) is 37.3 Å². The van der Waals surface area contributed by atoms with Crippen LogP contribution in [-0.2, 0) is 65.4 Å². The number of carbonyl (C=O) groups excluding carboxylic acids is 4. The van der Waals surface area contributed by atoms with Gasteiger partial charge in [-0.15, -0.1) is 0 Å². The van der Waals surface area contributed by atoms with E-state index < -0.39 is 97.5 Å². The standard InChI is InChI=1S/C84H164O17P2/c1-6-10-13-16-19-22-25-27-29-31-33-35-37-39-41-44-47-53-58-63-68-82(87)95-73-79(100-83(88)69-64-59-54-48-45-42-40-38-36-34-32-30-28-26-23-20-17-14-11-7-2)75-98-102(90,91)96-71-78(85)72-97-103(92,93)99-76-80(74-94-81(86)67-62-57-52-46-43-24-21-18-15-12-8-3)101-84(89)70-65-60-55-50-49-51-56-61-66-77(5)9-4/h77-80,85H,6-76H2,1-5H3,(H,90,91)(H,92,93)/t77?,78-,79-,80-/m1/s1. The monoisotopic (exact) mass is 1510 g/mol. The third kappa shape index (κ3) is 76.6. The van der Waals surface area contributed by atoms with Gasteiger partial charge in [-0.25, -0.2) is 9.13 Å². The summed E-state index contributed by atoms with van der Waals surface area (Å²) in [7, 11) is -9.92. The Morgan fingerprint density at radius 1 is 0.272 bits per heavy atom. The second-order valence-electron chi connectivity index (χ2n) is 30.5. The lowest BCUT2D eigenvalue weighted by Crippen LogP contribution is -2.30. The number of hydrogen-bond acceptors (Lipinski definition) is 15. The van der Waals surface area contributed by atoms with Crippen LogP contribution in [0.1, 0.15) is 452 Å². The van der Waals surface area contributed by atoms with Crippen LogP contribution >= 0.6 is 15.6 Å². The first-order valence-corrected chi connectivity index (χ1v) is 46.7. The van der Waals surface area contributed by atoms with Crippen molar-refractivity contribution in [3.05, 3.63) is 0 Å². The molecule has 0 bridgehead atoms. The molecule has 17 nitrogen and oxygen atoms in total. The number of ether oxygens (including phenoxy) is 4. The van der Waals surface area contributed by atoms with E-state index in [1.54, 1.807) is 0 Å². The molecule has 3 unspecified atom stereocenters. The molecule has 0 aromatic carbocycles. The van der Waals surface area contributed by atoms with Crippen molar-refractivity contribution in [3.8, 4) is 0 Å². The molecule has 0 saturated carbocycles. The predicted octanol–water partition coefficient (Wildman–Crippen LogP) is 25.6. The molecule has 0 aromatic heterocycles. The molecule has 0 radical (unpaired) electrons. The highest BCUT2D eigenvalue weighted by molar-refractivity contribution is 7.47. The summed E-state index contributed by atoms with van der Waals surface area (Å²) >= 11 is 0. The second kappa shape index (κ2) is 76.8. The molecule has 3 N–H and O–H groups in total. The maximum atomic E-state index is 13.1. The van der Waals surface area contributed by atoms with Gasteiger partial charge in [0.15, 0.2) is 12.2 Å². The maximum absolute atomic E-state index is 13.1. The number of aliphatic hydroxyl groups is 1. The Hall–Kier alpha value is -1.94. The number of hydrogen-bond donors (Lipinski definition) is 3. The summed E-state index contributed by atoms with van der Waals surface area (Å²) in [5, 5.41) is 10.7. The van der Waals surface area contributed by atoms with Gasteiger partial charge < -0.3 is 33.8 Å². The van der Waals surface area contributed by atoms with Crippen LogP contribution in [0.25, 0.3) is 0 Å². The van der Waals surface area contributed by atoms with Crippen molar-refractivity contribution in [2.24, 2.45) is 5.92 Å². The number of phosphoric acid groups is 2. The molecule has 0 aliphatic carbocycles. The Morgan fingerprint density at radius 3 is 0.689 bits per heavy atom. The van der Waals surface area contributed by atoms with E-state index in [9.17, 15) is 43.2 Å². The summed E-state index contributed by atoms with van der Waals surface area (Å²) in [4.78, 5) is 73.1. The summed E-state index contributed by atoms with van der Waals surface area (Å²) in [6, 6.07) is 0. The van der Waals surface area contributed by atoms with Gasteiger partial charge in [0.05, 0.1) is 26.4 Å². The first-order chi connectivity index (χ1) is 50.1. The van der Waals surface area contributed by atoms with E-state index in [-0.39, 0.29) is 25.7 Å². The third-order valence-corrected chi connectivity index (χ3v) is 22.0. The normalized spacial score (nSPS) is 14.1. The summed E-state index contributed by atoms with van der Waals surface area (Å²) in [5.41, 5.74) is 0. The summed E-state index contributed by atoms with van der Waals surface area (Å²) in [5.74, 6) is -1.34. The molecule has 0 aliphatic heterocycles. The predicted molar refractivity (Wildman–Crippen MR) is 423 cm³/mol. The quantitative estimate of drug-likeness (QED) is 0.0222. The minimum absolute atomic E-state index is 0.106. The number of rotatable bonds is 84. The Kier molecular flexibility index (Phi) is 75.4. The minimum atomic E-state index is -4.96. The van der Waals surface area contributed by atoms with Gasteiger partial charge in [-0.1, -0.05) is 401 Å². The molecule has 0 fully saturated rings. The van der Waals surface area contributed by atoms with Crippen LogP contribution in [0.3, 0.4) is 0 Å². The Morgan fingerprint density at radius 2 is 0.466 bits per heavy atom. The number of carbonyl (C=O) groups is 4. The fourth-order valence-corrected chi connectivity index (χ4v) is 14.7. The largest absolute Gasteiger partial charge is 0.472 e. The van der Waals surface area contributed by atoms with Gasteiger partial charge in [0.25, 0.3) is 0 Å². The van der Waals surface area contributed by atoms with Crippen LogP contribution in [0, 0.1) is 5.92 Å². The highest BCUT2D eigenvalue weighted by Gasteiger charge is 2.30. The molecule has 612 valence electrons. The number of unbranched alkanes of at least 4 members (excludes halogenated alkanes) is 55. The number of aliphatic hydroxyl groups excluding tert-OH is 1. The average Bonchev–Trinajstić information content (AvgIpc) is 0.937. The van der Waals surface area contributed by atoms with Gasteiger partial charge in [0.2, 0.25) is 0 Å². The fourth-order valence-electron chi connectivity index (χ4n) is 13.1. The van der Waals surface area contributed by atoms with Crippen LogP contribution in [0.2, 0.25) is 0 Å². The first kappa shape index (κ1) is 101. The van der Waals surface area contributed by atoms with Crippen molar-refractivity contribution in [1.29, 1.82) is 0 Å². The lowest BCUT2D eigenvalue weighted by molar-refractivity contribution is -0.161. The smallest absolute Gasteiger partial charge is 0.462 e. The van der Waals surface area contributed by atoms with Crippen LogP contribution < -0.4 is 0 Å². The molecule has 0 rings (SSSR count). The van der Waals surface area contributed by atoms with Crippen LogP contribution in [0.4, 0.5) is 0 Å². The Balaban J connectivity index is 5.22. The molecule has 0 aliphatic rings. The van der Waals surface area contributed by atoms with Crippen molar-refractivity contribution < 1.29 is 80.2 Å². The third-order valence-electron chi connectivity index (χ3n) is 20.1. The minimum Gasteiger partial charge on any atom is -0.462 e. The lowest BCUT2D eigenvalue weighted by atomic mass is 9.99. The molecule has 0 amide bonds. The SMILES string of the molecule is CCCCCCCCCCCCCCCCCCCCCCC(=O)OC[C@H](COP(=O)(O)OC[C@@H](O)COP(=O)(O)OC[C@@H](COC(=O)CCCCCCCCCCCCC)OC(=O)CCCCCCCCCCC(C)CC)OC(=O)CCCCCCCCCCCCCCCCCCCCCC. The van der Waals surface area contributed by atoms with E-state index in [4.69, 9.17) is 37.0 Å². The highest BCUT2D eigenvalue weighted by atomic mass is 31.2. The van der Waals surface area contributed by atoms with E-state index >= 15 is 0 Å². The molecule has 0 saturated heterocycles. The van der Waals surface area contributed by atoms with Crippen molar-refractivity contribution in [3.63, 3.8) is 0 Å². The fraction of sp³-hybridized carbons (Fsp3) is 0.952. The zero-order valence-electron chi connectivity index (χ0n) is 67.5. The second-order valence-corrected chi connectivity index (χ2v) is 33.4. The molecule has 0 aromatic rings. The van der Waals surface area contributed by atoms with Gasteiger partial charge in [0, 0.05) is 25.7 Å². The number of esters is 4. The lowest BCUT2D eigenvalue weighted by Gasteiger charge is -2.21. The van der Waals surface area contributed by atoms with Gasteiger partial charge in [-0.2, -0.15) is 0 Å². The average molecular weight is 1510 g/mol. The van der Waals surface area contributed by atoms with Crippen LogP contribution in [0.5, 0.6) is 0 Å². The van der Waals surface area contributed by atoms with Crippen molar-refractivity contribution in [2.45, 2.75) is 470 Å². The molecular formula is C84H164O17P2. The molecule has 0 heterocycles. The molecule has 19 heteroatoms. The highest BCUT2D eigenvalue weighted by Crippen LogP contribution is 2.45. The van der Waals surface area contributed by atoms with Crippen molar-refractivity contribution in [2.75, 3.05) is 39.6 Å². The van der Waals surface area contributed by atoms with Crippen LogP contribution in [0.15, 0.2) is 0 Å². The molecule has 6 atom stereocenters. The van der Waals surface area contributed by atoms with E-state index in [1.807, 2.05) is 0 Å². The van der Waals surface area contributed by atoms with E-state index in [0.29, 0.717) is 25.7 Å². The molecule has 0 spiro atoms. The maximum Gasteiger partial charge on any atom is 0.472 e. The van der Waals surface area contributed by atoms with Gasteiger partial charge >= 0.3 is 39.5 Å². The topological polar surface area (TPSA) is 237 Å². The van der Waals surface area contributed by atoms with Gasteiger partial charge in [0.1, 0.15) is 19.3 Å². The number of phosphoric ester groups is 2. The molecular weight excluding hydrogens is 1340 g/mol. The summed E-state index contributed by atoms with van der Waals surface area (Å²) in [6.07, 6.45) is 69.5. The van der Waals surface area contributed by atoms with E-state index in [2.05, 4.69) is 34.6 Å².